The van der Waals surface area contributed by atoms with Gasteiger partial charge in [0.05, 0.1) is 29.8 Å². The molecule has 1 aliphatic rings. The van der Waals surface area contributed by atoms with Crippen LogP contribution in [-0.2, 0) is 10.9 Å². The second-order valence-corrected chi connectivity index (χ2v) is 4.07. The van der Waals surface area contributed by atoms with Crippen LogP contribution in [0.1, 0.15) is 17.5 Å². The van der Waals surface area contributed by atoms with Crippen LogP contribution in [0.25, 0.3) is 0 Å². The molecule has 0 aliphatic carbocycles. The summed E-state index contributed by atoms with van der Waals surface area (Å²) in [5.41, 5.74) is -0.915. The van der Waals surface area contributed by atoms with Crippen molar-refractivity contribution in [3.63, 3.8) is 0 Å². The molecule has 0 amide bonds. The minimum Gasteiger partial charge on any atom is -0.380 e. The zero-order chi connectivity index (χ0) is 13.2. The van der Waals surface area contributed by atoms with Crippen LogP contribution in [0.4, 0.5) is 18.9 Å². The molecular formula is C12H11F3N2O. The third-order valence-corrected chi connectivity index (χ3v) is 2.75. The highest BCUT2D eigenvalue weighted by atomic mass is 19.4. The van der Waals surface area contributed by atoms with E-state index in [1.807, 2.05) is 0 Å². The fourth-order valence-electron chi connectivity index (χ4n) is 1.85. The first-order valence-corrected chi connectivity index (χ1v) is 5.46. The summed E-state index contributed by atoms with van der Waals surface area (Å²) in [7, 11) is 0. The van der Waals surface area contributed by atoms with Crippen LogP contribution in [0.15, 0.2) is 18.2 Å². The Morgan fingerprint density at radius 3 is 2.72 bits per heavy atom. The number of nitrogens with zero attached hydrogens (tertiary/aromatic N) is 1. The van der Waals surface area contributed by atoms with Gasteiger partial charge in [0.25, 0.3) is 0 Å². The Balaban J connectivity index is 2.25. The Hall–Kier alpha value is -1.74. The van der Waals surface area contributed by atoms with Gasteiger partial charge in [0.15, 0.2) is 0 Å². The number of alkyl halides is 3. The van der Waals surface area contributed by atoms with E-state index in [1.165, 1.54) is 12.1 Å². The molecule has 0 saturated carbocycles. The van der Waals surface area contributed by atoms with Gasteiger partial charge in [-0.25, -0.2) is 0 Å². The standard InChI is InChI=1S/C12H11F3N2O/c13-12(14,15)11-5-9(2-1-8(11)6-16)17-10-3-4-18-7-10/h1-2,5,10,17H,3-4,7H2. The van der Waals surface area contributed by atoms with E-state index in [1.54, 1.807) is 6.07 Å². The summed E-state index contributed by atoms with van der Waals surface area (Å²) in [6, 6.07) is 5.21. The van der Waals surface area contributed by atoms with Gasteiger partial charge < -0.3 is 10.1 Å². The second-order valence-electron chi connectivity index (χ2n) is 4.07. The quantitative estimate of drug-likeness (QED) is 0.884. The molecule has 0 radical (unpaired) electrons. The van der Waals surface area contributed by atoms with Crippen molar-refractivity contribution in [2.45, 2.75) is 18.6 Å². The largest absolute Gasteiger partial charge is 0.417 e. The highest BCUT2D eigenvalue weighted by Crippen LogP contribution is 2.33. The molecule has 1 aliphatic heterocycles. The van der Waals surface area contributed by atoms with Crippen LogP contribution in [0.5, 0.6) is 0 Å². The third kappa shape index (κ3) is 2.74. The molecule has 0 bridgehead atoms. The molecule has 1 N–H and O–H groups in total. The van der Waals surface area contributed by atoms with Crippen molar-refractivity contribution in [1.82, 2.24) is 0 Å². The lowest BCUT2D eigenvalue weighted by Gasteiger charge is -2.15. The summed E-state index contributed by atoms with van der Waals surface area (Å²) < 4.78 is 43.3. The van der Waals surface area contributed by atoms with E-state index in [-0.39, 0.29) is 11.6 Å². The Morgan fingerprint density at radius 2 is 2.17 bits per heavy atom. The number of halogens is 3. The van der Waals surface area contributed by atoms with Crippen LogP contribution in [0, 0.1) is 11.3 Å². The maximum Gasteiger partial charge on any atom is 0.417 e. The van der Waals surface area contributed by atoms with E-state index >= 15 is 0 Å². The Morgan fingerprint density at radius 1 is 1.39 bits per heavy atom. The van der Waals surface area contributed by atoms with E-state index in [0.717, 1.165) is 12.5 Å². The lowest BCUT2D eigenvalue weighted by atomic mass is 10.1. The smallest absolute Gasteiger partial charge is 0.380 e. The average molecular weight is 256 g/mol. The molecule has 96 valence electrons. The molecule has 1 aromatic rings. The van der Waals surface area contributed by atoms with Crippen molar-refractivity contribution in [2.24, 2.45) is 0 Å². The van der Waals surface area contributed by atoms with E-state index in [9.17, 15) is 13.2 Å². The second kappa shape index (κ2) is 4.86. The fourth-order valence-corrected chi connectivity index (χ4v) is 1.85. The van der Waals surface area contributed by atoms with E-state index in [2.05, 4.69) is 5.32 Å². The Bertz CT molecular complexity index is 473. The lowest BCUT2D eigenvalue weighted by Crippen LogP contribution is -2.19. The van der Waals surface area contributed by atoms with Crippen molar-refractivity contribution in [1.29, 1.82) is 5.26 Å². The van der Waals surface area contributed by atoms with Crippen LogP contribution in [-0.4, -0.2) is 19.3 Å². The summed E-state index contributed by atoms with van der Waals surface area (Å²) in [5, 5.41) is 11.6. The molecule has 0 spiro atoms. The van der Waals surface area contributed by atoms with Gasteiger partial charge in [-0.15, -0.1) is 0 Å². The number of nitrogens with one attached hydrogen (secondary N) is 1. The molecular weight excluding hydrogens is 245 g/mol. The van der Waals surface area contributed by atoms with Gasteiger partial charge >= 0.3 is 6.18 Å². The molecule has 1 aromatic carbocycles. The lowest BCUT2D eigenvalue weighted by molar-refractivity contribution is -0.137. The molecule has 18 heavy (non-hydrogen) atoms. The van der Waals surface area contributed by atoms with Crippen LogP contribution in [0.2, 0.25) is 0 Å². The summed E-state index contributed by atoms with van der Waals surface area (Å²) in [6.45, 7) is 1.10. The summed E-state index contributed by atoms with van der Waals surface area (Å²) >= 11 is 0. The molecule has 0 aromatic heterocycles. The van der Waals surface area contributed by atoms with Crippen molar-refractivity contribution >= 4 is 5.69 Å². The molecule has 1 heterocycles. The van der Waals surface area contributed by atoms with Gasteiger partial charge in [-0.1, -0.05) is 0 Å². The predicted octanol–water partition coefficient (Wildman–Crippen LogP) is 2.78. The molecule has 6 heteroatoms. The first kappa shape index (κ1) is 12.7. The zero-order valence-corrected chi connectivity index (χ0v) is 9.42. The molecule has 2 rings (SSSR count). The van der Waals surface area contributed by atoms with Crippen molar-refractivity contribution in [2.75, 3.05) is 18.5 Å². The first-order chi connectivity index (χ1) is 8.50. The summed E-state index contributed by atoms with van der Waals surface area (Å²) in [4.78, 5) is 0. The average Bonchev–Trinajstić information content (AvgIpc) is 2.80. The van der Waals surface area contributed by atoms with E-state index in [4.69, 9.17) is 10.00 Å². The van der Waals surface area contributed by atoms with Gasteiger partial charge in [0.2, 0.25) is 0 Å². The summed E-state index contributed by atoms with van der Waals surface area (Å²) in [6.07, 6.45) is -3.75. The molecule has 1 fully saturated rings. The van der Waals surface area contributed by atoms with Gasteiger partial charge in [-0.3, -0.25) is 0 Å². The zero-order valence-electron chi connectivity index (χ0n) is 9.42. The maximum atomic E-state index is 12.7. The molecule has 3 nitrogen and oxygen atoms in total. The topological polar surface area (TPSA) is 45.0 Å². The van der Waals surface area contributed by atoms with Gasteiger partial charge in [0.1, 0.15) is 0 Å². The van der Waals surface area contributed by atoms with Crippen molar-refractivity contribution in [3.05, 3.63) is 29.3 Å². The third-order valence-electron chi connectivity index (χ3n) is 2.75. The minimum atomic E-state index is -4.52. The van der Waals surface area contributed by atoms with Crippen molar-refractivity contribution in [3.8, 4) is 6.07 Å². The van der Waals surface area contributed by atoms with E-state index in [0.29, 0.717) is 18.9 Å². The number of nitriles is 1. The monoisotopic (exact) mass is 256 g/mol. The molecule has 1 saturated heterocycles. The number of ether oxygens (including phenoxy) is 1. The van der Waals surface area contributed by atoms with Gasteiger partial charge in [0, 0.05) is 12.3 Å². The fraction of sp³-hybridized carbons (Fsp3) is 0.417. The van der Waals surface area contributed by atoms with Gasteiger partial charge in [-0.2, -0.15) is 18.4 Å². The van der Waals surface area contributed by atoms with E-state index < -0.39 is 11.7 Å². The maximum absolute atomic E-state index is 12.7. The number of rotatable bonds is 2. The number of hydrogen-bond donors (Lipinski definition) is 1. The summed E-state index contributed by atoms with van der Waals surface area (Å²) in [5.74, 6) is 0. The Kier molecular flexibility index (Phi) is 3.43. The highest BCUT2D eigenvalue weighted by Gasteiger charge is 2.34. The van der Waals surface area contributed by atoms with Crippen LogP contribution in [0.3, 0.4) is 0 Å². The van der Waals surface area contributed by atoms with Crippen molar-refractivity contribution < 1.29 is 17.9 Å². The SMILES string of the molecule is N#Cc1ccc(NC2CCOC2)cc1C(F)(F)F. The predicted molar refractivity (Wildman–Crippen MR) is 59.0 cm³/mol. The minimum absolute atomic E-state index is 0.0269. The van der Waals surface area contributed by atoms with Gasteiger partial charge in [-0.05, 0) is 24.6 Å². The Labute approximate surface area is 102 Å². The number of hydrogen-bond acceptors (Lipinski definition) is 3. The van der Waals surface area contributed by atoms with Crippen LogP contribution < -0.4 is 5.32 Å². The highest BCUT2D eigenvalue weighted by molar-refractivity contribution is 5.53. The number of benzene rings is 1. The molecule has 1 unspecified atom stereocenters. The molecule has 1 atom stereocenters. The normalized spacial score (nSPS) is 19.6. The van der Waals surface area contributed by atoms with Crippen LogP contribution >= 0.6 is 0 Å². The number of anilines is 1. The first-order valence-electron chi connectivity index (χ1n) is 5.46.